The summed E-state index contributed by atoms with van der Waals surface area (Å²) in [4.78, 5) is 8.76. The molecule has 0 bridgehead atoms. The van der Waals surface area contributed by atoms with E-state index in [2.05, 4.69) is 16.0 Å². The molecule has 1 aliphatic heterocycles. The molecule has 1 aromatic heterocycles. The van der Waals surface area contributed by atoms with E-state index in [-0.39, 0.29) is 0 Å². The van der Waals surface area contributed by atoms with Gasteiger partial charge in [-0.15, -0.1) is 0 Å². The fraction of sp³-hybridized carbons (Fsp3) is 0.500. The third-order valence-electron chi connectivity index (χ3n) is 2.62. The van der Waals surface area contributed by atoms with Crippen molar-refractivity contribution in [3.8, 4) is 0 Å². The molecule has 0 aromatic carbocycles. The zero-order valence-corrected chi connectivity index (χ0v) is 8.45. The fourth-order valence-corrected chi connectivity index (χ4v) is 1.82. The second-order valence-electron chi connectivity index (χ2n) is 3.73. The second kappa shape index (κ2) is 4.89. The van der Waals surface area contributed by atoms with Crippen molar-refractivity contribution < 1.29 is 0 Å². The molecule has 74 valence electrons. The smallest absolute Gasteiger partial charge is 0.0436 e. The van der Waals surface area contributed by atoms with Crippen LogP contribution in [-0.2, 0) is 0 Å². The fourth-order valence-electron chi connectivity index (χ4n) is 1.82. The van der Waals surface area contributed by atoms with Crippen LogP contribution in [0.25, 0.3) is 0 Å². The number of aliphatic imine (C=N–C) groups is 1. The lowest BCUT2D eigenvalue weighted by Crippen LogP contribution is -2.05. The summed E-state index contributed by atoms with van der Waals surface area (Å²) in [5.74, 6) is 0. The van der Waals surface area contributed by atoms with Gasteiger partial charge >= 0.3 is 0 Å². The first-order valence-corrected chi connectivity index (χ1v) is 5.40. The summed E-state index contributed by atoms with van der Waals surface area (Å²) in [6.07, 6.45) is 10.0. The van der Waals surface area contributed by atoms with Crippen LogP contribution in [0.4, 0.5) is 0 Å². The first-order chi connectivity index (χ1) is 6.97. The van der Waals surface area contributed by atoms with Crippen molar-refractivity contribution >= 4 is 5.71 Å². The SMILES string of the molecule is c1cncc(/C2=N/CCCCCC2)c1. The van der Waals surface area contributed by atoms with Crippen molar-refractivity contribution in [3.05, 3.63) is 30.1 Å². The molecule has 0 saturated carbocycles. The Balaban J connectivity index is 2.15. The van der Waals surface area contributed by atoms with Gasteiger partial charge in [-0.3, -0.25) is 9.98 Å². The topological polar surface area (TPSA) is 25.2 Å². The third-order valence-corrected chi connectivity index (χ3v) is 2.62. The number of hydrogen-bond acceptors (Lipinski definition) is 2. The molecule has 0 atom stereocenters. The van der Waals surface area contributed by atoms with Crippen LogP contribution in [0.5, 0.6) is 0 Å². The van der Waals surface area contributed by atoms with E-state index in [4.69, 9.17) is 0 Å². The molecule has 0 aliphatic carbocycles. The van der Waals surface area contributed by atoms with Crippen LogP contribution in [-0.4, -0.2) is 17.2 Å². The van der Waals surface area contributed by atoms with Gasteiger partial charge in [-0.2, -0.15) is 0 Å². The standard InChI is InChI=1S/C12H16N2/c1-2-4-9-14-12(7-3-1)11-6-5-8-13-10-11/h5-6,8,10H,1-4,7,9H2/b14-12+. The zero-order valence-electron chi connectivity index (χ0n) is 8.45. The summed E-state index contributed by atoms with van der Waals surface area (Å²) in [7, 11) is 0. The quantitative estimate of drug-likeness (QED) is 0.665. The largest absolute Gasteiger partial charge is 0.289 e. The number of aromatic nitrogens is 1. The molecular formula is C12H16N2. The van der Waals surface area contributed by atoms with Gasteiger partial charge in [0.15, 0.2) is 0 Å². The van der Waals surface area contributed by atoms with Crippen molar-refractivity contribution in [1.29, 1.82) is 0 Å². The molecule has 2 rings (SSSR count). The van der Waals surface area contributed by atoms with Crippen LogP contribution in [0.3, 0.4) is 0 Å². The molecule has 0 N–H and O–H groups in total. The van der Waals surface area contributed by atoms with Crippen LogP contribution < -0.4 is 0 Å². The minimum atomic E-state index is 0.990. The number of nitrogens with zero attached hydrogens (tertiary/aromatic N) is 2. The van der Waals surface area contributed by atoms with Gasteiger partial charge in [-0.25, -0.2) is 0 Å². The maximum Gasteiger partial charge on any atom is 0.0436 e. The molecule has 0 spiro atoms. The van der Waals surface area contributed by atoms with Crippen LogP contribution in [0, 0.1) is 0 Å². The Hall–Kier alpha value is -1.18. The van der Waals surface area contributed by atoms with E-state index >= 15 is 0 Å². The number of rotatable bonds is 1. The third kappa shape index (κ3) is 2.41. The number of hydrogen-bond donors (Lipinski definition) is 0. The lowest BCUT2D eigenvalue weighted by molar-refractivity contribution is 0.644. The van der Waals surface area contributed by atoms with E-state index in [0.29, 0.717) is 0 Å². The average molecular weight is 188 g/mol. The Labute approximate surface area is 85.1 Å². The van der Waals surface area contributed by atoms with Gasteiger partial charge in [0.2, 0.25) is 0 Å². The highest BCUT2D eigenvalue weighted by atomic mass is 14.7. The Morgan fingerprint density at radius 2 is 2.00 bits per heavy atom. The first kappa shape index (κ1) is 9.38. The second-order valence-corrected chi connectivity index (χ2v) is 3.73. The van der Waals surface area contributed by atoms with Crippen molar-refractivity contribution in [2.24, 2.45) is 4.99 Å². The van der Waals surface area contributed by atoms with Gasteiger partial charge in [0.25, 0.3) is 0 Å². The summed E-state index contributed by atoms with van der Waals surface area (Å²) in [6.45, 7) is 0.990. The normalized spacial score (nSPS) is 21.9. The lowest BCUT2D eigenvalue weighted by atomic mass is 10.0. The molecule has 0 amide bonds. The summed E-state index contributed by atoms with van der Waals surface area (Å²) in [5.41, 5.74) is 2.45. The molecule has 1 aliphatic rings. The molecule has 0 unspecified atom stereocenters. The predicted molar refractivity (Wildman–Crippen MR) is 58.7 cm³/mol. The van der Waals surface area contributed by atoms with Gasteiger partial charge in [0.1, 0.15) is 0 Å². The summed E-state index contributed by atoms with van der Waals surface area (Å²) in [5, 5.41) is 0. The van der Waals surface area contributed by atoms with E-state index in [9.17, 15) is 0 Å². The minimum Gasteiger partial charge on any atom is -0.289 e. The van der Waals surface area contributed by atoms with Crippen molar-refractivity contribution in [3.63, 3.8) is 0 Å². The van der Waals surface area contributed by atoms with E-state index in [1.165, 1.54) is 37.0 Å². The zero-order chi connectivity index (χ0) is 9.64. The van der Waals surface area contributed by atoms with E-state index < -0.39 is 0 Å². The Bertz CT molecular complexity index is 303. The van der Waals surface area contributed by atoms with Crippen LogP contribution >= 0.6 is 0 Å². The molecule has 0 fully saturated rings. The van der Waals surface area contributed by atoms with Crippen LogP contribution in [0.15, 0.2) is 29.5 Å². The highest BCUT2D eigenvalue weighted by molar-refractivity contribution is 6.00. The Kier molecular flexibility index (Phi) is 3.28. The van der Waals surface area contributed by atoms with Gasteiger partial charge in [-0.1, -0.05) is 18.9 Å². The van der Waals surface area contributed by atoms with Crippen molar-refractivity contribution in [2.75, 3.05) is 6.54 Å². The van der Waals surface area contributed by atoms with Crippen molar-refractivity contribution in [1.82, 2.24) is 4.98 Å². The molecule has 0 saturated heterocycles. The molecular weight excluding hydrogens is 172 g/mol. The van der Waals surface area contributed by atoms with E-state index in [1.54, 1.807) is 0 Å². The predicted octanol–water partition coefficient (Wildman–Crippen LogP) is 2.83. The molecule has 2 heteroatoms. The van der Waals surface area contributed by atoms with E-state index in [1.807, 2.05) is 18.5 Å². The molecule has 2 heterocycles. The highest BCUT2D eigenvalue weighted by Crippen LogP contribution is 2.13. The summed E-state index contributed by atoms with van der Waals surface area (Å²) < 4.78 is 0. The van der Waals surface area contributed by atoms with E-state index in [0.717, 1.165) is 13.0 Å². The Morgan fingerprint density at radius 3 is 2.86 bits per heavy atom. The van der Waals surface area contributed by atoms with Gasteiger partial charge < -0.3 is 0 Å². The Morgan fingerprint density at radius 1 is 1.07 bits per heavy atom. The van der Waals surface area contributed by atoms with Crippen LogP contribution in [0.2, 0.25) is 0 Å². The average Bonchev–Trinajstić information content (AvgIpc) is 2.18. The van der Waals surface area contributed by atoms with Gasteiger partial charge in [0, 0.05) is 30.2 Å². The van der Waals surface area contributed by atoms with Crippen molar-refractivity contribution in [2.45, 2.75) is 32.1 Å². The molecule has 0 radical (unpaired) electrons. The number of pyridine rings is 1. The molecule has 1 aromatic rings. The minimum absolute atomic E-state index is 0.990. The molecule has 2 nitrogen and oxygen atoms in total. The van der Waals surface area contributed by atoms with Gasteiger partial charge in [0.05, 0.1) is 0 Å². The first-order valence-electron chi connectivity index (χ1n) is 5.40. The highest BCUT2D eigenvalue weighted by Gasteiger charge is 2.05. The van der Waals surface area contributed by atoms with Crippen LogP contribution in [0.1, 0.15) is 37.7 Å². The molecule has 14 heavy (non-hydrogen) atoms. The maximum absolute atomic E-state index is 4.63. The monoisotopic (exact) mass is 188 g/mol. The maximum atomic E-state index is 4.63. The summed E-state index contributed by atoms with van der Waals surface area (Å²) in [6, 6.07) is 4.09. The summed E-state index contributed by atoms with van der Waals surface area (Å²) >= 11 is 0. The lowest BCUT2D eigenvalue weighted by Gasteiger charge is -2.09. The van der Waals surface area contributed by atoms with Gasteiger partial charge in [-0.05, 0) is 25.3 Å².